The van der Waals surface area contributed by atoms with Gasteiger partial charge in [-0.1, -0.05) is 60.7 Å². The number of hydrazine groups is 1. The molecule has 6 heteroatoms. The minimum atomic E-state index is -0.767. The summed E-state index contributed by atoms with van der Waals surface area (Å²) in [6.07, 6.45) is 0. The first-order valence-electron chi connectivity index (χ1n) is 8.34. The van der Waals surface area contributed by atoms with Crippen LogP contribution in [0.1, 0.15) is 17.2 Å². The van der Waals surface area contributed by atoms with Gasteiger partial charge in [-0.3, -0.25) is 19.9 Å². The van der Waals surface area contributed by atoms with Crippen LogP contribution in [-0.4, -0.2) is 47.8 Å². The van der Waals surface area contributed by atoms with Crippen LogP contribution in [0.2, 0.25) is 0 Å². The second-order valence-corrected chi connectivity index (χ2v) is 6.03. The fraction of sp³-hybridized carbons (Fsp3) is 0.263. The van der Waals surface area contributed by atoms with Gasteiger partial charge in [0.2, 0.25) is 0 Å². The molecule has 0 atom stereocenters. The molecule has 0 saturated carbocycles. The predicted octanol–water partition coefficient (Wildman–Crippen LogP) is 0.910. The Bertz CT molecular complexity index is 673. The fourth-order valence-electron chi connectivity index (χ4n) is 3.27. The largest absolute Gasteiger partial charge is 0.332 e. The summed E-state index contributed by atoms with van der Waals surface area (Å²) in [7, 11) is 0. The molecule has 1 saturated heterocycles. The summed E-state index contributed by atoms with van der Waals surface area (Å²) >= 11 is 0. The number of nitrogens with one attached hydrogen (secondary N) is 1. The number of hydrogen-bond acceptors (Lipinski definition) is 4. The highest BCUT2D eigenvalue weighted by Crippen LogP contribution is 2.29. The second-order valence-electron chi connectivity index (χ2n) is 6.03. The molecule has 3 N–H and O–H groups in total. The van der Waals surface area contributed by atoms with Gasteiger partial charge in [0.1, 0.15) is 0 Å². The van der Waals surface area contributed by atoms with E-state index in [0.29, 0.717) is 26.2 Å². The molecule has 130 valence electrons. The zero-order valence-corrected chi connectivity index (χ0v) is 14.0. The van der Waals surface area contributed by atoms with Crippen LogP contribution in [-0.2, 0) is 9.59 Å². The Morgan fingerprint density at radius 1 is 0.840 bits per heavy atom. The Kier molecular flexibility index (Phi) is 5.42. The second kappa shape index (κ2) is 7.92. The van der Waals surface area contributed by atoms with Gasteiger partial charge in [-0.05, 0) is 11.1 Å². The maximum atomic E-state index is 12.0. The molecule has 1 aliphatic rings. The Balaban J connectivity index is 1.78. The topological polar surface area (TPSA) is 78.7 Å². The Hall–Kier alpha value is -2.70. The molecule has 0 bridgehead atoms. The van der Waals surface area contributed by atoms with E-state index in [2.05, 4.69) is 29.2 Å². The predicted molar refractivity (Wildman–Crippen MR) is 95.2 cm³/mol. The molecule has 6 nitrogen and oxygen atoms in total. The van der Waals surface area contributed by atoms with Crippen molar-refractivity contribution in [1.82, 2.24) is 15.2 Å². The number of rotatable bonds is 3. The van der Waals surface area contributed by atoms with E-state index in [9.17, 15) is 9.59 Å². The lowest BCUT2D eigenvalue weighted by molar-refractivity contribution is -0.147. The molecule has 1 heterocycles. The van der Waals surface area contributed by atoms with Gasteiger partial charge in [0.15, 0.2) is 0 Å². The first kappa shape index (κ1) is 17.1. The van der Waals surface area contributed by atoms with Crippen LogP contribution in [0.15, 0.2) is 60.7 Å². The third kappa shape index (κ3) is 3.87. The van der Waals surface area contributed by atoms with Crippen LogP contribution >= 0.6 is 0 Å². The van der Waals surface area contributed by atoms with E-state index >= 15 is 0 Å². The van der Waals surface area contributed by atoms with Crippen molar-refractivity contribution >= 4 is 11.8 Å². The van der Waals surface area contributed by atoms with Crippen LogP contribution in [0.25, 0.3) is 0 Å². The van der Waals surface area contributed by atoms with Crippen LogP contribution in [0.5, 0.6) is 0 Å². The van der Waals surface area contributed by atoms with E-state index in [1.165, 1.54) is 11.1 Å². The summed E-state index contributed by atoms with van der Waals surface area (Å²) < 4.78 is 0. The summed E-state index contributed by atoms with van der Waals surface area (Å²) in [6.45, 7) is 2.39. The summed E-state index contributed by atoms with van der Waals surface area (Å²) in [5.41, 5.74) is 4.34. The van der Waals surface area contributed by atoms with Crippen molar-refractivity contribution in [2.24, 2.45) is 5.84 Å². The number of piperazine rings is 1. The lowest BCUT2D eigenvalue weighted by atomic mass is 9.96. The molecule has 3 rings (SSSR count). The van der Waals surface area contributed by atoms with Gasteiger partial charge in [0, 0.05) is 26.2 Å². The number of carbonyl (C=O) groups excluding carboxylic acids is 2. The molecular formula is C19H22N4O2. The Labute approximate surface area is 147 Å². The molecule has 0 aliphatic carbocycles. The van der Waals surface area contributed by atoms with Crippen molar-refractivity contribution in [2.45, 2.75) is 6.04 Å². The first-order chi connectivity index (χ1) is 12.2. The highest BCUT2D eigenvalue weighted by atomic mass is 16.2. The number of amides is 2. The van der Waals surface area contributed by atoms with Gasteiger partial charge in [0.25, 0.3) is 0 Å². The Morgan fingerprint density at radius 2 is 1.32 bits per heavy atom. The zero-order chi connectivity index (χ0) is 17.6. The van der Waals surface area contributed by atoms with E-state index in [4.69, 9.17) is 5.84 Å². The minimum absolute atomic E-state index is 0.128. The highest BCUT2D eigenvalue weighted by Gasteiger charge is 2.30. The average molecular weight is 338 g/mol. The maximum absolute atomic E-state index is 12.0. The van der Waals surface area contributed by atoms with E-state index in [-0.39, 0.29) is 6.04 Å². The van der Waals surface area contributed by atoms with Crippen molar-refractivity contribution in [1.29, 1.82) is 0 Å². The zero-order valence-electron chi connectivity index (χ0n) is 14.0. The number of carbonyl (C=O) groups is 2. The molecule has 2 aromatic rings. The molecule has 1 aliphatic heterocycles. The van der Waals surface area contributed by atoms with Crippen molar-refractivity contribution in [3.63, 3.8) is 0 Å². The van der Waals surface area contributed by atoms with Crippen LogP contribution in [0.4, 0.5) is 0 Å². The molecule has 2 aromatic carbocycles. The Morgan fingerprint density at radius 3 is 1.76 bits per heavy atom. The lowest BCUT2D eigenvalue weighted by Crippen LogP contribution is -2.54. The molecule has 1 fully saturated rings. The van der Waals surface area contributed by atoms with Gasteiger partial charge < -0.3 is 4.90 Å². The maximum Gasteiger partial charge on any atom is 0.323 e. The van der Waals surface area contributed by atoms with Crippen LogP contribution < -0.4 is 11.3 Å². The molecule has 25 heavy (non-hydrogen) atoms. The van der Waals surface area contributed by atoms with Crippen molar-refractivity contribution in [3.05, 3.63) is 71.8 Å². The SMILES string of the molecule is NNC(=O)C(=O)N1CCN(C(c2ccccc2)c2ccccc2)CC1. The minimum Gasteiger partial charge on any atom is -0.332 e. The molecule has 0 radical (unpaired) electrons. The fourth-order valence-corrected chi connectivity index (χ4v) is 3.27. The molecule has 2 amide bonds. The highest BCUT2D eigenvalue weighted by molar-refractivity contribution is 6.34. The number of hydrogen-bond donors (Lipinski definition) is 2. The quantitative estimate of drug-likeness (QED) is 0.377. The van der Waals surface area contributed by atoms with Gasteiger partial charge in [-0.15, -0.1) is 0 Å². The standard InChI is InChI=1S/C19H22N4O2/c20-21-18(24)19(25)23-13-11-22(12-14-23)17(15-7-3-1-4-8-15)16-9-5-2-6-10-16/h1-10,17H,11-14,20H2,(H,21,24). The third-order valence-electron chi connectivity index (χ3n) is 4.52. The molecular weight excluding hydrogens is 316 g/mol. The van der Waals surface area contributed by atoms with Crippen molar-refractivity contribution < 1.29 is 9.59 Å². The molecule has 0 aromatic heterocycles. The molecule has 0 unspecified atom stereocenters. The van der Waals surface area contributed by atoms with E-state index in [1.54, 1.807) is 4.90 Å². The summed E-state index contributed by atoms with van der Waals surface area (Å²) in [5, 5.41) is 0. The van der Waals surface area contributed by atoms with Gasteiger partial charge in [-0.2, -0.15) is 0 Å². The van der Waals surface area contributed by atoms with Crippen LogP contribution in [0.3, 0.4) is 0 Å². The van der Waals surface area contributed by atoms with E-state index < -0.39 is 11.8 Å². The lowest BCUT2D eigenvalue weighted by Gasteiger charge is -2.39. The third-order valence-corrected chi connectivity index (χ3v) is 4.52. The summed E-state index contributed by atoms with van der Waals surface area (Å²) in [4.78, 5) is 27.3. The number of nitrogens with two attached hydrogens (primary N) is 1. The smallest absolute Gasteiger partial charge is 0.323 e. The summed E-state index contributed by atoms with van der Waals surface area (Å²) in [5.74, 6) is 3.71. The molecule has 0 spiro atoms. The number of nitrogens with zero attached hydrogens (tertiary/aromatic N) is 2. The van der Waals surface area contributed by atoms with Gasteiger partial charge in [0.05, 0.1) is 6.04 Å². The van der Waals surface area contributed by atoms with Crippen LogP contribution in [0, 0.1) is 0 Å². The van der Waals surface area contributed by atoms with Gasteiger partial charge >= 0.3 is 11.8 Å². The van der Waals surface area contributed by atoms with Crippen molar-refractivity contribution in [3.8, 4) is 0 Å². The van der Waals surface area contributed by atoms with Gasteiger partial charge in [-0.25, -0.2) is 5.84 Å². The van der Waals surface area contributed by atoms with E-state index in [0.717, 1.165) is 0 Å². The average Bonchev–Trinajstić information content (AvgIpc) is 2.69. The number of benzene rings is 2. The van der Waals surface area contributed by atoms with Crippen molar-refractivity contribution in [2.75, 3.05) is 26.2 Å². The van der Waals surface area contributed by atoms with E-state index in [1.807, 2.05) is 41.8 Å². The first-order valence-corrected chi connectivity index (χ1v) is 8.34. The summed E-state index contributed by atoms with van der Waals surface area (Å²) in [6, 6.07) is 20.8. The normalized spacial score (nSPS) is 15.2. The monoisotopic (exact) mass is 338 g/mol.